The molecule has 8 heteroatoms. The molecule has 0 saturated carbocycles. The van der Waals surface area contributed by atoms with Gasteiger partial charge in [0, 0.05) is 45.2 Å². The summed E-state index contributed by atoms with van der Waals surface area (Å²) in [5.41, 5.74) is 1.65. The quantitative estimate of drug-likeness (QED) is 0.748. The first kappa shape index (κ1) is 20.3. The summed E-state index contributed by atoms with van der Waals surface area (Å²) in [6.07, 6.45) is 3.34. The molecule has 1 unspecified atom stereocenters. The second kappa shape index (κ2) is 8.86. The lowest BCUT2D eigenvalue weighted by molar-refractivity contribution is -0.145. The maximum atomic E-state index is 13.2. The molecular weight excluding hydrogens is 396 g/mol. The number of piperidine rings is 2. The summed E-state index contributed by atoms with van der Waals surface area (Å²) in [5.74, 6) is 0.330. The zero-order valence-corrected chi connectivity index (χ0v) is 17.9. The van der Waals surface area contributed by atoms with Gasteiger partial charge < -0.3 is 23.9 Å². The molecule has 1 aromatic heterocycles. The van der Waals surface area contributed by atoms with Gasteiger partial charge in [-0.15, -0.1) is 0 Å². The Hall–Kier alpha value is -2.61. The number of rotatable bonds is 3. The van der Waals surface area contributed by atoms with Gasteiger partial charge in [0.25, 0.3) is 6.01 Å². The molecule has 0 bridgehead atoms. The van der Waals surface area contributed by atoms with Crippen LogP contribution in [0.2, 0.25) is 0 Å². The van der Waals surface area contributed by atoms with E-state index >= 15 is 0 Å². The van der Waals surface area contributed by atoms with E-state index in [0.717, 1.165) is 56.4 Å². The number of carbonyl (C=O) groups excluding carboxylic acids is 2. The van der Waals surface area contributed by atoms with Gasteiger partial charge in [-0.1, -0.05) is 12.1 Å². The fourth-order valence-electron chi connectivity index (χ4n) is 4.99. The van der Waals surface area contributed by atoms with Crippen LogP contribution in [0.5, 0.6) is 0 Å². The van der Waals surface area contributed by atoms with Crippen LogP contribution in [-0.4, -0.2) is 79.1 Å². The first-order valence-electron chi connectivity index (χ1n) is 11.4. The van der Waals surface area contributed by atoms with Crippen molar-refractivity contribution in [2.75, 3.05) is 57.4 Å². The van der Waals surface area contributed by atoms with Gasteiger partial charge in [-0.2, -0.15) is 4.98 Å². The van der Waals surface area contributed by atoms with Gasteiger partial charge in [0.15, 0.2) is 5.58 Å². The molecule has 2 amide bonds. The van der Waals surface area contributed by atoms with Crippen LogP contribution in [0.15, 0.2) is 28.7 Å². The summed E-state index contributed by atoms with van der Waals surface area (Å²) in [7, 11) is 0. The molecule has 4 heterocycles. The Kier molecular flexibility index (Phi) is 5.80. The van der Waals surface area contributed by atoms with Crippen molar-refractivity contribution in [2.45, 2.75) is 25.7 Å². The molecule has 0 N–H and O–H groups in total. The molecule has 3 saturated heterocycles. The standard InChI is InChI=1S/C23H30N4O4/c28-21(27-9-3-4-18(16-27)22(29)25-12-14-30-15-13-25)17-7-10-26(11-8-17)23-24-19-5-1-2-6-20(19)31-23/h1-2,5-6,17-18H,3-4,7-16H2. The second-order valence-electron chi connectivity index (χ2n) is 8.79. The van der Waals surface area contributed by atoms with Crippen molar-refractivity contribution in [3.8, 4) is 0 Å². The van der Waals surface area contributed by atoms with Crippen LogP contribution in [-0.2, 0) is 14.3 Å². The Morgan fingerprint density at radius 1 is 0.871 bits per heavy atom. The van der Waals surface area contributed by atoms with Crippen molar-refractivity contribution >= 4 is 28.9 Å². The largest absolute Gasteiger partial charge is 0.423 e. The SMILES string of the molecule is O=C(C1CCCN(C(=O)C2CCN(c3nc4ccccc4o3)CC2)C1)N1CCOCC1. The molecule has 3 aliphatic heterocycles. The fourth-order valence-corrected chi connectivity index (χ4v) is 4.99. The first-order chi connectivity index (χ1) is 15.2. The Balaban J connectivity index is 1.16. The number of likely N-dealkylation sites (tertiary alicyclic amines) is 1. The fraction of sp³-hybridized carbons (Fsp3) is 0.609. The Morgan fingerprint density at radius 2 is 1.61 bits per heavy atom. The number of anilines is 1. The van der Waals surface area contributed by atoms with E-state index in [-0.39, 0.29) is 23.7 Å². The zero-order valence-electron chi connectivity index (χ0n) is 17.9. The lowest BCUT2D eigenvalue weighted by Gasteiger charge is -2.39. The van der Waals surface area contributed by atoms with E-state index in [2.05, 4.69) is 9.88 Å². The van der Waals surface area contributed by atoms with Gasteiger partial charge in [0.1, 0.15) is 5.52 Å². The van der Waals surface area contributed by atoms with Crippen LogP contribution in [0.25, 0.3) is 11.1 Å². The number of para-hydroxylation sites is 2. The monoisotopic (exact) mass is 426 g/mol. The van der Waals surface area contributed by atoms with Crippen molar-refractivity contribution in [3.63, 3.8) is 0 Å². The maximum absolute atomic E-state index is 13.2. The molecule has 166 valence electrons. The number of hydrogen-bond acceptors (Lipinski definition) is 6. The molecule has 5 rings (SSSR count). The highest BCUT2D eigenvalue weighted by molar-refractivity contribution is 5.83. The number of benzene rings is 1. The number of morpholine rings is 1. The minimum atomic E-state index is -0.0735. The molecule has 1 aromatic carbocycles. The summed E-state index contributed by atoms with van der Waals surface area (Å²) in [5, 5.41) is 0. The van der Waals surface area contributed by atoms with E-state index in [1.54, 1.807) is 0 Å². The average molecular weight is 427 g/mol. The summed E-state index contributed by atoms with van der Waals surface area (Å²) in [4.78, 5) is 36.6. The number of amides is 2. The van der Waals surface area contributed by atoms with Crippen LogP contribution in [0.3, 0.4) is 0 Å². The molecule has 0 radical (unpaired) electrons. The number of ether oxygens (including phenoxy) is 1. The van der Waals surface area contributed by atoms with Crippen LogP contribution >= 0.6 is 0 Å². The normalized spacial score (nSPS) is 23.4. The predicted octanol–water partition coefficient (Wildman–Crippen LogP) is 2.14. The van der Waals surface area contributed by atoms with Crippen LogP contribution in [0, 0.1) is 11.8 Å². The van der Waals surface area contributed by atoms with Crippen molar-refractivity contribution in [1.29, 1.82) is 0 Å². The topological polar surface area (TPSA) is 79.1 Å². The molecule has 31 heavy (non-hydrogen) atoms. The van der Waals surface area contributed by atoms with E-state index < -0.39 is 0 Å². The van der Waals surface area contributed by atoms with Crippen molar-refractivity contribution in [2.24, 2.45) is 11.8 Å². The highest BCUT2D eigenvalue weighted by Crippen LogP contribution is 2.28. The average Bonchev–Trinajstić information content (AvgIpc) is 3.28. The summed E-state index contributed by atoms with van der Waals surface area (Å²) < 4.78 is 11.2. The van der Waals surface area contributed by atoms with E-state index in [1.807, 2.05) is 34.1 Å². The summed E-state index contributed by atoms with van der Waals surface area (Å²) >= 11 is 0. The molecule has 0 aliphatic carbocycles. The summed E-state index contributed by atoms with van der Waals surface area (Å²) in [6, 6.07) is 8.41. The van der Waals surface area contributed by atoms with Gasteiger partial charge >= 0.3 is 0 Å². The number of aromatic nitrogens is 1. The summed E-state index contributed by atoms with van der Waals surface area (Å²) in [6.45, 7) is 5.38. The van der Waals surface area contributed by atoms with E-state index in [9.17, 15) is 9.59 Å². The molecule has 3 fully saturated rings. The molecule has 3 aliphatic rings. The molecule has 0 spiro atoms. The Morgan fingerprint density at radius 3 is 2.39 bits per heavy atom. The van der Waals surface area contributed by atoms with Crippen molar-refractivity contribution in [1.82, 2.24) is 14.8 Å². The van der Waals surface area contributed by atoms with E-state index in [4.69, 9.17) is 9.15 Å². The number of oxazole rings is 1. The second-order valence-corrected chi connectivity index (χ2v) is 8.79. The third kappa shape index (κ3) is 4.26. The highest BCUT2D eigenvalue weighted by Gasteiger charge is 2.35. The van der Waals surface area contributed by atoms with Gasteiger partial charge in [0.05, 0.1) is 19.1 Å². The van der Waals surface area contributed by atoms with E-state index in [1.165, 1.54) is 0 Å². The van der Waals surface area contributed by atoms with Crippen molar-refractivity contribution in [3.05, 3.63) is 24.3 Å². The van der Waals surface area contributed by atoms with E-state index in [0.29, 0.717) is 38.9 Å². The van der Waals surface area contributed by atoms with Gasteiger partial charge in [-0.25, -0.2) is 0 Å². The third-order valence-corrected chi connectivity index (χ3v) is 6.80. The minimum Gasteiger partial charge on any atom is -0.423 e. The number of hydrogen-bond donors (Lipinski definition) is 0. The highest BCUT2D eigenvalue weighted by atomic mass is 16.5. The van der Waals surface area contributed by atoms with Gasteiger partial charge in [-0.3, -0.25) is 9.59 Å². The molecule has 2 aromatic rings. The van der Waals surface area contributed by atoms with Crippen LogP contribution in [0.1, 0.15) is 25.7 Å². The number of fused-ring (bicyclic) bond motifs is 1. The molecular formula is C23H30N4O4. The van der Waals surface area contributed by atoms with Crippen molar-refractivity contribution < 1.29 is 18.7 Å². The smallest absolute Gasteiger partial charge is 0.298 e. The predicted molar refractivity (Wildman–Crippen MR) is 116 cm³/mol. The van der Waals surface area contributed by atoms with Gasteiger partial charge in [-0.05, 0) is 37.8 Å². The van der Waals surface area contributed by atoms with Crippen LogP contribution < -0.4 is 4.90 Å². The number of carbonyl (C=O) groups is 2. The minimum absolute atomic E-state index is 0.0119. The third-order valence-electron chi connectivity index (χ3n) is 6.80. The Labute approximate surface area is 182 Å². The lowest BCUT2D eigenvalue weighted by atomic mass is 9.91. The number of nitrogens with zero attached hydrogens (tertiary/aromatic N) is 4. The van der Waals surface area contributed by atoms with Crippen LogP contribution in [0.4, 0.5) is 6.01 Å². The molecule has 1 atom stereocenters. The molecule has 8 nitrogen and oxygen atoms in total. The maximum Gasteiger partial charge on any atom is 0.298 e. The lowest BCUT2D eigenvalue weighted by Crippen LogP contribution is -2.51. The Bertz CT molecular complexity index is 898. The van der Waals surface area contributed by atoms with Gasteiger partial charge in [0.2, 0.25) is 11.8 Å². The zero-order chi connectivity index (χ0) is 21.2. The first-order valence-corrected chi connectivity index (χ1v) is 11.4.